The predicted molar refractivity (Wildman–Crippen MR) is 38.2 cm³/mol. The lowest BCUT2D eigenvalue weighted by atomic mass is 10.5. The molecule has 4 heteroatoms. The second-order valence-electron chi connectivity index (χ2n) is 2.84. The van der Waals surface area contributed by atoms with Gasteiger partial charge in [0.05, 0.1) is 11.4 Å². The fourth-order valence-electron chi connectivity index (χ4n) is 0.704. The van der Waals surface area contributed by atoms with Crippen molar-refractivity contribution in [1.82, 2.24) is 0 Å². The monoisotopic (exact) mass is 164 g/mol. The third-order valence-corrected chi connectivity index (χ3v) is 3.20. The minimum atomic E-state index is -3.19. The van der Waals surface area contributed by atoms with Crippen LogP contribution in [0.3, 0.4) is 0 Å². The molecular formula is C6H12O3S. The van der Waals surface area contributed by atoms with E-state index in [1.54, 1.807) is 13.8 Å². The molecule has 0 aromatic rings. The van der Waals surface area contributed by atoms with Gasteiger partial charge in [-0.15, -0.1) is 0 Å². The van der Waals surface area contributed by atoms with Gasteiger partial charge in [0, 0.05) is 0 Å². The molecular weight excluding hydrogens is 152 g/mol. The van der Waals surface area contributed by atoms with Gasteiger partial charge >= 0.3 is 0 Å². The van der Waals surface area contributed by atoms with Crippen molar-refractivity contribution in [2.24, 2.45) is 0 Å². The molecule has 0 N–H and O–H groups in total. The molecule has 1 rings (SSSR count). The average Bonchev–Trinajstić information content (AvgIpc) is 2.35. The van der Waals surface area contributed by atoms with Gasteiger partial charge in [-0.25, -0.2) is 0 Å². The van der Waals surface area contributed by atoms with Gasteiger partial charge in [-0.05, 0) is 26.7 Å². The van der Waals surface area contributed by atoms with Crippen LogP contribution in [-0.2, 0) is 14.3 Å². The van der Waals surface area contributed by atoms with E-state index < -0.39 is 10.1 Å². The fraction of sp³-hybridized carbons (Fsp3) is 1.00. The molecule has 0 spiro atoms. The van der Waals surface area contributed by atoms with Crippen molar-refractivity contribution in [1.29, 1.82) is 0 Å². The molecule has 0 atom stereocenters. The highest BCUT2D eigenvalue weighted by atomic mass is 32.2. The van der Waals surface area contributed by atoms with E-state index in [9.17, 15) is 8.42 Å². The maximum absolute atomic E-state index is 11.0. The van der Waals surface area contributed by atoms with E-state index in [1.165, 1.54) is 0 Å². The van der Waals surface area contributed by atoms with Crippen molar-refractivity contribution in [2.45, 2.75) is 38.0 Å². The van der Waals surface area contributed by atoms with Crippen LogP contribution in [0.5, 0.6) is 0 Å². The van der Waals surface area contributed by atoms with Crippen LogP contribution in [0.4, 0.5) is 0 Å². The first-order chi connectivity index (χ1) is 4.52. The molecule has 1 aliphatic rings. The van der Waals surface area contributed by atoms with Crippen molar-refractivity contribution < 1.29 is 12.6 Å². The number of hydrogen-bond acceptors (Lipinski definition) is 3. The van der Waals surface area contributed by atoms with Crippen molar-refractivity contribution in [3.05, 3.63) is 0 Å². The third-order valence-electron chi connectivity index (χ3n) is 1.26. The van der Waals surface area contributed by atoms with Crippen LogP contribution in [0.25, 0.3) is 0 Å². The average molecular weight is 164 g/mol. The molecule has 0 radical (unpaired) electrons. The Bertz CT molecular complexity index is 201. The van der Waals surface area contributed by atoms with Crippen molar-refractivity contribution in [3.8, 4) is 0 Å². The standard InChI is InChI=1S/C6H12O3S/c1-5(2)9-10(7,8)6-3-4-6/h5-6H,3-4H2,1-2H3. The zero-order valence-electron chi connectivity index (χ0n) is 6.20. The Morgan fingerprint density at radius 2 is 1.90 bits per heavy atom. The van der Waals surface area contributed by atoms with E-state index in [0.717, 1.165) is 12.8 Å². The minimum Gasteiger partial charge on any atom is -0.267 e. The SMILES string of the molecule is CC(C)OS(=O)(=O)C1CC1. The number of rotatable bonds is 3. The van der Waals surface area contributed by atoms with Gasteiger partial charge in [0.25, 0.3) is 10.1 Å². The molecule has 0 unspecified atom stereocenters. The van der Waals surface area contributed by atoms with Crippen LogP contribution in [0.1, 0.15) is 26.7 Å². The second kappa shape index (κ2) is 2.51. The summed E-state index contributed by atoms with van der Waals surface area (Å²) in [4.78, 5) is 0. The highest BCUT2D eigenvalue weighted by Crippen LogP contribution is 2.29. The lowest BCUT2D eigenvalue weighted by molar-refractivity contribution is 0.248. The topological polar surface area (TPSA) is 43.4 Å². The Morgan fingerprint density at radius 1 is 1.40 bits per heavy atom. The van der Waals surface area contributed by atoms with Crippen LogP contribution >= 0.6 is 0 Å². The Kier molecular flexibility index (Phi) is 2.01. The van der Waals surface area contributed by atoms with Crippen LogP contribution in [0, 0.1) is 0 Å². The molecule has 3 nitrogen and oxygen atoms in total. The summed E-state index contributed by atoms with van der Waals surface area (Å²) in [5.41, 5.74) is 0. The predicted octanol–water partition coefficient (Wildman–Crippen LogP) is 0.904. The Labute approximate surface area is 61.5 Å². The summed E-state index contributed by atoms with van der Waals surface area (Å²) in [6, 6.07) is 0. The summed E-state index contributed by atoms with van der Waals surface area (Å²) in [6.07, 6.45) is 1.33. The van der Waals surface area contributed by atoms with E-state index >= 15 is 0 Å². The molecule has 0 amide bonds. The van der Waals surface area contributed by atoms with E-state index in [-0.39, 0.29) is 11.4 Å². The van der Waals surface area contributed by atoms with E-state index in [4.69, 9.17) is 4.18 Å². The summed E-state index contributed by atoms with van der Waals surface area (Å²) in [6.45, 7) is 3.44. The van der Waals surface area contributed by atoms with Crippen LogP contribution in [0.2, 0.25) is 0 Å². The molecule has 60 valence electrons. The minimum absolute atomic E-state index is 0.199. The van der Waals surface area contributed by atoms with Crippen molar-refractivity contribution in [2.75, 3.05) is 0 Å². The van der Waals surface area contributed by atoms with Gasteiger partial charge in [-0.2, -0.15) is 8.42 Å². The smallest absolute Gasteiger partial charge is 0.267 e. The summed E-state index contributed by atoms with van der Waals surface area (Å²) in [7, 11) is -3.19. The first-order valence-corrected chi connectivity index (χ1v) is 4.91. The lowest BCUT2D eigenvalue weighted by Gasteiger charge is -2.05. The van der Waals surface area contributed by atoms with E-state index in [0.29, 0.717) is 0 Å². The summed E-state index contributed by atoms with van der Waals surface area (Å²) in [5.74, 6) is 0. The largest absolute Gasteiger partial charge is 0.270 e. The summed E-state index contributed by atoms with van der Waals surface area (Å²) < 4.78 is 26.7. The molecule has 1 aliphatic carbocycles. The molecule has 0 aromatic carbocycles. The Hall–Kier alpha value is -0.0900. The number of hydrogen-bond donors (Lipinski definition) is 0. The van der Waals surface area contributed by atoms with Crippen LogP contribution < -0.4 is 0 Å². The van der Waals surface area contributed by atoms with E-state index in [2.05, 4.69) is 0 Å². The van der Waals surface area contributed by atoms with Gasteiger partial charge in [-0.3, -0.25) is 4.18 Å². The van der Waals surface area contributed by atoms with Gasteiger partial charge < -0.3 is 0 Å². The molecule has 0 aliphatic heterocycles. The maximum Gasteiger partial charge on any atom is 0.270 e. The first kappa shape index (κ1) is 8.01. The van der Waals surface area contributed by atoms with Crippen LogP contribution in [0.15, 0.2) is 0 Å². The van der Waals surface area contributed by atoms with Crippen molar-refractivity contribution in [3.63, 3.8) is 0 Å². The highest BCUT2D eigenvalue weighted by Gasteiger charge is 2.37. The highest BCUT2D eigenvalue weighted by molar-refractivity contribution is 7.87. The maximum atomic E-state index is 11.0. The van der Waals surface area contributed by atoms with Gasteiger partial charge in [-0.1, -0.05) is 0 Å². The van der Waals surface area contributed by atoms with E-state index in [1.807, 2.05) is 0 Å². The Balaban J connectivity index is 2.51. The van der Waals surface area contributed by atoms with Gasteiger partial charge in [0.2, 0.25) is 0 Å². The molecule has 0 saturated heterocycles. The molecule has 0 aromatic heterocycles. The molecule has 1 fully saturated rings. The molecule has 1 saturated carbocycles. The van der Waals surface area contributed by atoms with Gasteiger partial charge in [0.1, 0.15) is 0 Å². The zero-order valence-corrected chi connectivity index (χ0v) is 7.02. The quantitative estimate of drug-likeness (QED) is 0.582. The summed E-state index contributed by atoms with van der Waals surface area (Å²) >= 11 is 0. The lowest BCUT2D eigenvalue weighted by Crippen LogP contribution is -2.15. The summed E-state index contributed by atoms with van der Waals surface area (Å²) in [5, 5.41) is -0.199. The fourth-order valence-corrected chi connectivity index (χ4v) is 2.11. The molecule has 10 heavy (non-hydrogen) atoms. The Morgan fingerprint density at radius 3 is 2.20 bits per heavy atom. The molecule has 0 heterocycles. The first-order valence-electron chi connectivity index (χ1n) is 3.44. The third kappa shape index (κ3) is 1.95. The van der Waals surface area contributed by atoms with Crippen molar-refractivity contribution >= 4 is 10.1 Å². The normalized spacial score (nSPS) is 19.9. The van der Waals surface area contributed by atoms with Crippen LogP contribution in [-0.4, -0.2) is 19.8 Å². The molecule has 0 bridgehead atoms. The second-order valence-corrected chi connectivity index (χ2v) is 4.68. The zero-order chi connectivity index (χ0) is 7.78. The van der Waals surface area contributed by atoms with Gasteiger partial charge in [0.15, 0.2) is 0 Å².